The highest BCUT2D eigenvalue weighted by molar-refractivity contribution is 5.91. The molecule has 0 saturated heterocycles. The highest BCUT2D eigenvalue weighted by Crippen LogP contribution is 2.19. The molecule has 1 aromatic carbocycles. The van der Waals surface area contributed by atoms with E-state index in [2.05, 4.69) is 4.74 Å². The number of carbonyl (C=O) groups is 1. The van der Waals surface area contributed by atoms with E-state index in [1.807, 2.05) is 0 Å². The Morgan fingerprint density at radius 3 is 2.36 bits per heavy atom. The number of hydrogen-bond acceptors (Lipinski definition) is 2. The molecule has 0 amide bonds. The van der Waals surface area contributed by atoms with Gasteiger partial charge in [-0.15, -0.1) is 13.2 Å². The molecule has 0 unspecified atom stereocenters. The van der Waals surface area contributed by atoms with Gasteiger partial charge in [-0.05, 0) is 18.6 Å². The minimum absolute atomic E-state index is 0.0789. The normalized spacial score (nSPS) is 11.1. The lowest BCUT2D eigenvalue weighted by molar-refractivity contribution is -0.291. The van der Waals surface area contributed by atoms with Crippen LogP contribution in [0.25, 0.3) is 0 Å². The van der Waals surface area contributed by atoms with Crippen molar-refractivity contribution in [3.8, 4) is 0 Å². The first-order valence-corrected chi connectivity index (χ1v) is 3.76. The van der Waals surface area contributed by atoms with Crippen LogP contribution >= 0.6 is 0 Å². The molecule has 0 aromatic heterocycles. The molecule has 0 bridgehead atoms. The van der Waals surface area contributed by atoms with Gasteiger partial charge in [0, 0.05) is 0 Å². The molecule has 0 N–H and O–H groups in total. The van der Waals surface area contributed by atoms with Gasteiger partial charge in [0.05, 0.1) is 5.56 Å². The van der Waals surface area contributed by atoms with Gasteiger partial charge in [-0.2, -0.15) is 0 Å². The zero-order valence-electron chi connectivity index (χ0n) is 7.26. The van der Waals surface area contributed by atoms with Crippen LogP contribution in [0.1, 0.15) is 15.9 Å². The van der Waals surface area contributed by atoms with Crippen molar-refractivity contribution in [3.05, 3.63) is 35.4 Å². The Bertz CT molecular complexity index is 344. The second-order valence-electron chi connectivity index (χ2n) is 2.65. The van der Waals surface area contributed by atoms with Gasteiger partial charge in [-0.1, -0.05) is 18.2 Å². The Kier molecular flexibility index (Phi) is 2.78. The molecule has 76 valence electrons. The lowest BCUT2D eigenvalue weighted by atomic mass is 10.1. The van der Waals surface area contributed by atoms with E-state index in [0.29, 0.717) is 5.56 Å². The van der Waals surface area contributed by atoms with E-state index in [0.717, 1.165) is 0 Å². The summed E-state index contributed by atoms with van der Waals surface area (Å²) in [6, 6.07) is 5.91. The fourth-order valence-corrected chi connectivity index (χ4v) is 0.962. The molecule has 14 heavy (non-hydrogen) atoms. The number of benzene rings is 1. The molecule has 0 radical (unpaired) electrons. The van der Waals surface area contributed by atoms with Crippen molar-refractivity contribution >= 4 is 5.97 Å². The van der Waals surface area contributed by atoms with Gasteiger partial charge in [0.2, 0.25) is 0 Å². The Balaban J connectivity index is 2.86. The maximum atomic E-state index is 11.7. The Morgan fingerprint density at radius 2 is 1.86 bits per heavy atom. The highest BCUT2D eigenvalue weighted by Gasteiger charge is 2.34. The monoisotopic (exact) mass is 204 g/mol. The third kappa shape index (κ3) is 2.76. The van der Waals surface area contributed by atoms with Crippen molar-refractivity contribution in [3.63, 3.8) is 0 Å². The number of hydrogen-bond donors (Lipinski definition) is 0. The molecule has 1 aromatic rings. The van der Waals surface area contributed by atoms with E-state index in [9.17, 15) is 18.0 Å². The average molecular weight is 204 g/mol. The zero-order chi connectivity index (χ0) is 10.8. The average Bonchev–Trinajstić information content (AvgIpc) is 2.01. The maximum Gasteiger partial charge on any atom is 0.575 e. The summed E-state index contributed by atoms with van der Waals surface area (Å²) in [5, 5.41) is 0. The summed E-state index contributed by atoms with van der Waals surface area (Å²) in [4.78, 5) is 10.9. The molecule has 0 atom stereocenters. The molecule has 0 fully saturated rings. The lowest BCUT2D eigenvalue weighted by Gasteiger charge is -2.08. The van der Waals surface area contributed by atoms with Gasteiger partial charge >= 0.3 is 12.3 Å². The second-order valence-corrected chi connectivity index (χ2v) is 2.65. The summed E-state index contributed by atoms with van der Waals surface area (Å²) >= 11 is 0. The number of halogens is 3. The predicted molar refractivity (Wildman–Crippen MR) is 42.6 cm³/mol. The van der Waals surface area contributed by atoms with Gasteiger partial charge in [-0.25, -0.2) is 4.79 Å². The quantitative estimate of drug-likeness (QED) is 0.657. The van der Waals surface area contributed by atoms with Crippen molar-refractivity contribution in [2.45, 2.75) is 13.3 Å². The van der Waals surface area contributed by atoms with Gasteiger partial charge in [-0.3, -0.25) is 0 Å². The van der Waals surface area contributed by atoms with Crippen LogP contribution in [0.3, 0.4) is 0 Å². The molecule has 0 spiro atoms. The number of ether oxygens (including phenoxy) is 1. The lowest BCUT2D eigenvalue weighted by Crippen LogP contribution is -2.19. The number of rotatable bonds is 1. The smallest absolute Gasteiger partial charge is 0.369 e. The number of carbonyl (C=O) groups excluding carboxylic acids is 1. The maximum absolute atomic E-state index is 11.7. The first-order chi connectivity index (χ1) is 6.40. The summed E-state index contributed by atoms with van der Waals surface area (Å²) in [5.74, 6) is -1.38. The fraction of sp³-hybridized carbons (Fsp3) is 0.222. The van der Waals surface area contributed by atoms with E-state index in [-0.39, 0.29) is 5.56 Å². The minimum Gasteiger partial charge on any atom is -0.369 e. The van der Waals surface area contributed by atoms with Crippen LogP contribution in [0.5, 0.6) is 0 Å². The van der Waals surface area contributed by atoms with Crippen LogP contribution in [0.15, 0.2) is 24.3 Å². The standard InChI is InChI=1S/C9H7F3O2/c1-6-4-2-3-5-7(6)8(13)14-9(10,11)12/h2-5H,1H3. The molecule has 5 heteroatoms. The van der Waals surface area contributed by atoms with Crippen LogP contribution in [0, 0.1) is 6.92 Å². The summed E-state index contributed by atoms with van der Waals surface area (Å²) in [6.07, 6.45) is -4.93. The molecule has 0 saturated carbocycles. The Morgan fingerprint density at radius 1 is 1.29 bits per heavy atom. The minimum atomic E-state index is -4.93. The van der Waals surface area contributed by atoms with Crippen molar-refractivity contribution in [1.82, 2.24) is 0 Å². The molecule has 0 aliphatic heterocycles. The first-order valence-electron chi connectivity index (χ1n) is 3.76. The third-order valence-corrected chi connectivity index (χ3v) is 1.57. The second kappa shape index (κ2) is 3.69. The number of alkyl halides is 3. The predicted octanol–water partition coefficient (Wildman–Crippen LogP) is 2.67. The van der Waals surface area contributed by atoms with Gasteiger partial charge in [0.1, 0.15) is 0 Å². The summed E-state index contributed by atoms with van der Waals surface area (Å²) in [7, 11) is 0. The molecular formula is C9H7F3O2. The van der Waals surface area contributed by atoms with Crippen LogP contribution in [-0.2, 0) is 4.74 Å². The fourth-order valence-electron chi connectivity index (χ4n) is 0.962. The molecule has 2 nitrogen and oxygen atoms in total. The van der Waals surface area contributed by atoms with Crippen LogP contribution in [-0.4, -0.2) is 12.3 Å². The Hall–Kier alpha value is -1.52. The Labute approximate surface area is 78.3 Å². The van der Waals surface area contributed by atoms with Crippen LogP contribution in [0.2, 0.25) is 0 Å². The molecule has 0 heterocycles. The van der Waals surface area contributed by atoms with Gasteiger partial charge < -0.3 is 4.74 Å². The zero-order valence-corrected chi connectivity index (χ0v) is 7.26. The van der Waals surface area contributed by atoms with E-state index in [4.69, 9.17) is 0 Å². The van der Waals surface area contributed by atoms with Crippen LogP contribution in [0.4, 0.5) is 13.2 Å². The van der Waals surface area contributed by atoms with Gasteiger partial charge in [0.15, 0.2) is 0 Å². The summed E-state index contributed by atoms with van der Waals surface area (Å²) in [6.45, 7) is 1.53. The highest BCUT2D eigenvalue weighted by atomic mass is 19.4. The third-order valence-electron chi connectivity index (χ3n) is 1.57. The summed E-state index contributed by atoms with van der Waals surface area (Å²) in [5.41, 5.74) is 0.367. The van der Waals surface area contributed by atoms with Crippen molar-refractivity contribution in [2.24, 2.45) is 0 Å². The van der Waals surface area contributed by atoms with E-state index < -0.39 is 12.3 Å². The van der Waals surface area contributed by atoms with Crippen molar-refractivity contribution < 1.29 is 22.7 Å². The number of aryl methyl sites for hydroxylation is 1. The summed E-state index contributed by atoms with van der Waals surface area (Å²) < 4.78 is 38.3. The number of esters is 1. The SMILES string of the molecule is Cc1ccccc1C(=O)OC(F)(F)F. The molecular weight excluding hydrogens is 197 g/mol. The largest absolute Gasteiger partial charge is 0.575 e. The van der Waals surface area contributed by atoms with E-state index in [1.165, 1.54) is 25.1 Å². The topological polar surface area (TPSA) is 26.3 Å². The molecule has 1 rings (SSSR count). The van der Waals surface area contributed by atoms with Gasteiger partial charge in [0.25, 0.3) is 0 Å². The van der Waals surface area contributed by atoms with Crippen molar-refractivity contribution in [2.75, 3.05) is 0 Å². The van der Waals surface area contributed by atoms with E-state index >= 15 is 0 Å². The molecule has 0 aliphatic rings. The van der Waals surface area contributed by atoms with Crippen molar-refractivity contribution in [1.29, 1.82) is 0 Å². The van der Waals surface area contributed by atoms with E-state index in [1.54, 1.807) is 6.07 Å². The molecule has 0 aliphatic carbocycles. The first kappa shape index (κ1) is 10.6. The van der Waals surface area contributed by atoms with Crippen LogP contribution < -0.4 is 0 Å².